The van der Waals surface area contributed by atoms with Crippen molar-refractivity contribution in [3.05, 3.63) is 84.1 Å². The van der Waals surface area contributed by atoms with Gasteiger partial charge in [0.15, 0.2) is 0 Å². The molecule has 1 aliphatic heterocycles. The van der Waals surface area contributed by atoms with Crippen LogP contribution in [0.4, 0.5) is 0 Å². The lowest BCUT2D eigenvalue weighted by atomic mass is 9.91. The van der Waals surface area contributed by atoms with Crippen LogP contribution in [0, 0.1) is 0 Å². The van der Waals surface area contributed by atoms with Gasteiger partial charge in [-0.15, -0.1) is 0 Å². The molecule has 1 saturated carbocycles. The highest BCUT2D eigenvalue weighted by atomic mass is 16.3. The highest BCUT2D eigenvalue weighted by Gasteiger charge is 2.49. The first kappa shape index (κ1) is 26.1. The normalized spacial score (nSPS) is 16.2. The van der Waals surface area contributed by atoms with Gasteiger partial charge in [0, 0.05) is 12.0 Å². The molecule has 40 heavy (non-hydrogen) atoms. The average Bonchev–Trinajstić information content (AvgIpc) is 3.76. The summed E-state index contributed by atoms with van der Waals surface area (Å²) in [4.78, 5) is 20.6. The van der Waals surface area contributed by atoms with Gasteiger partial charge in [0.2, 0.25) is 0 Å². The number of hydrogen-bond acceptors (Lipinski definition) is 5. The molecule has 4 aromatic rings. The van der Waals surface area contributed by atoms with E-state index in [1.165, 1.54) is 0 Å². The summed E-state index contributed by atoms with van der Waals surface area (Å²) >= 11 is 0. The topological polar surface area (TPSA) is 94.5 Å². The smallest absolute Gasteiger partial charge is 0.256 e. The second-order valence-corrected chi connectivity index (χ2v) is 10.9. The Morgan fingerprint density at radius 1 is 0.950 bits per heavy atom. The van der Waals surface area contributed by atoms with Crippen molar-refractivity contribution >= 4 is 11.7 Å². The summed E-state index contributed by atoms with van der Waals surface area (Å²) in [7, 11) is 0. The average molecular weight is 534 g/mol. The SMILES string of the molecule is CCCCC1=NC2(CCCC2)C(=O)N1Cc1ccc(-c2cc(-c3ccccc3CO)ccc2-c2cn[nH]n2)cc1. The highest BCUT2D eigenvalue weighted by Crippen LogP contribution is 2.40. The standard InChI is InChI=1S/C33H35N5O2/c1-2-3-10-31-35-33(17-6-7-18-33)32(40)38(31)21-23-11-13-24(14-12-23)29-19-25(27-9-5-4-8-26(27)22-39)15-16-28(29)30-20-34-37-36-30/h4-5,8-9,11-16,19-20,39H,2-3,6-7,10,17-18,21-22H2,1H3,(H,34,36,37). The Labute approximate surface area is 235 Å². The number of rotatable bonds is 9. The maximum absolute atomic E-state index is 13.6. The molecule has 0 saturated heterocycles. The van der Waals surface area contributed by atoms with E-state index in [-0.39, 0.29) is 12.5 Å². The summed E-state index contributed by atoms with van der Waals surface area (Å²) in [6.07, 6.45) is 8.60. The number of benzene rings is 3. The Hall–Kier alpha value is -4.10. The minimum absolute atomic E-state index is 0.0225. The third-order valence-electron chi connectivity index (χ3n) is 8.30. The van der Waals surface area contributed by atoms with Crippen LogP contribution in [-0.4, -0.2) is 42.7 Å². The van der Waals surface area contributed by atoms with Gasteiger partial charge >= 0.3 is 0 Å². The van der Waals surface area contributed by atoms with Crippen LogP contribution in [0.25, 0.3) is 33.5 Å². The second kappa shape index (κ2) is 11.2. The minimum atomic E-state index is -0.513. The number of aliphatic imine (C=N–C) groups is 1. The molecular formula is C33H35N5O2. The molecule has 0 bridgehead atoms. The van der Waals surface area contributed by atoms with Gasteiger partial charge in [0.05, 0.1) is 19.3 Å². The van der Waals surface area contributed by atoms with E-state index in [0.29, 0.717) is 6.54 Å². The van der Waals surface area contributed by atoms with Crippen molar-refractivity contribution in [3.63, 3.8) is 0 Å². The lowest BCUT2D eigenvalue weighted by Crippen LogP contribution is -2.40. The lowest BCUT2D eigenvalue weighted by molar-refractivity contribution is -0.131. The Morgan fingerprint density at radius 2 is 1.73 bits per heavy atom. The van der Waals surface area contributed by atoms with Gasteiger partial charge in [-0.25, -0.2) is 0 Å². The zero-order valence-electron chi connectivity index (χ0n) is 22.9. The van der Waals surface area contributed by atoms with Gasteiger partial charge in [0.25, 0.3) is 5.91 Å². The van der Waals surface area contributed by atoms with Gasteiger partial charge in [-0.05, 0) is 58.7 Å². The van der Waals surface area contributed by atoms with Crippen LogP contribution in [0.5, 0.6) is 0 Å². The first-order valence-corrected chi connectivity index (χ1v) is 14.3. The fourth-order valence-electron chi connectivity index (χ4n) is 6.12. The number of H-pyrrole nitrogens is 1. The summed E-state index contributed by atoms with van der Waals surface area (Å²) < 4.78 is 0. The van der Waals surface area contributed by atoms with E-state index in [0.717, 1.165) is 95.4 Å². The van der Waals surface area contributed by atoms with Gasteiger partial charge in [-0.3, -0.25) is 14.7 Å². The zero-order chi connectivity index (χ0) is 27.5. The largest absolute Gasteiger partial charge is 0.392 e. The molecule has 1 aliphatic carbocycles. The molecule has 6 rings (SSSR count). The molecule has 0 radical (unpaired) electrons. The van der Waals surface area contributed by atoms with E-state index in [1.54, 1.807) is 6.20 Å². The Kier molecular flexibility index (Phi) is 7.30. The summed E-state index contributed by atoms with van der Waals surface area (Å²) in [5.74, 6) is 1.14. The predicted molar refractivity (Wildman–Crippen MR) is 157 cm³/mol. The van der Waals surface area contributed by atoms with Crippen molar-refractivity contribution < 1.29 is 9.90 Å². The van der Waals surface area contributed by atoms with Gasteiger partial charge in [-0.1, -0.05) is 86.8 Å². The molecule has 2 aliphatic rings. The molecule has 0 atom stereocenters. The molecule has 7 heteroatoms. The van der Waals surface area contributed by atoms with Crippen LogP contribution in [0.2, 0.25) is 0 Å². The van der Waals surface area contributed by atoms with Gasteiger partial charge < -0.3 is 5.11 Å². The highest BCUT2D eigenvalue weighted by molar-refractivity contribution is 6.08. The maximum atomic E-state index is 13.6. The number of aromatic amines is 1. The molecule has 3 aromatic carbocycles. The third-order valence-corrected chi connectivity index (χ3v) is 8.30. The number of aromatic nitrogens is 3. The Balaban J connectivity index is 1.32. The summed E-state index contributed by atoms with van der Waals surface area (Å²) in [6, 6.07) is 22.6. The number of carbonyl (C=O) groups is 1. The fraction of sp³-hybridized carbons (Fsp3) is 0.333. The number of hydrogen-bond donors (Lipinski definition) is 2. The van der Waals surface area contributed by atoms with E-state index in [1.807, 2.05) is 29.2 Å². The van der Waals surface area contributed by atoms with Crippen molar-refractivity contribution in [2.75, 3.05) is 0 Å². The third kappa shape index (κ3) is 4.86. The van der Waals surface area contributed by atoms with Crippen molar-refractivity contribution in [1.82, 2.24) is 20.3 Å². The number of amidine groups is 1. The number of carbonyl (C=O) groups excluding carboxylic acids is 1. The van der Waals surface area contributed by atoms with Crippen LogP contribution in [0.1, 0.15) is 63.0 Å². The van der Waals surface area contributed by atoms with Crippen LogP contribution in [0.3, 0.4) is 0 Å². The van der Waals surface area contributed by atoms with Crippen molar-refractivity contribution in [3.8, 4) is 33.5 Å². The summed E-state index contributed by atoms with van der Waals surface area (Å²) in [5, 5.41) is 21.0. The lowest BCUT2D eigenvalue weighted by Gasteiger charge is -2.23. The number of nitrogens with zero attached hydrogens (tertiary/aromatic N) is 4. The number of nitrogens with one attached hydrogen (secondary N) is 1. The van der Waals surface area contributed by atoms with Crippen LogP contribution < -0.4 is 0 Å². The van der Waals surface area contributed by atoms with Crippen molar-refractivity contribution in [1.29, 1.82) is 0 Å². The Morgan fingerprint density at radius 3 is 2.45 bits per heavy atom. The molecule has 7 nitrogen and oxygen atoms in total. The number of aliphatic hydroxyl groups is 1. The second-order valence-electron chi connectivity index (χ2n) is 10.9. The number of aliphatic hydroxyl groups excluding tert-OH is 1. The van der Waals surface area contributed by atoms with Crippen LogP contribution >= 0.6 is 0 Å². The van der Waals surface area contributed by atoms with Gasteiger partial charge in [-0.2, -0.15) is 15.4 Å². The quantitative estimate of drug-likeness (QED) is 0.255. The predicted octanol–water partition coefficient (Wildman–Crippen LogP) is 6.54. The van der Waals surface area contributed by atoms with E-state index in [2.05, 4.69) is 64.8 Å². The van der Waals surface area contributed by atoms with Crippen LogP contribution in [0.15, 0.2) is 77.9 Å². The molecule has 204 valence electrons. The molecule has 1 fully saturated rings. The zero-order valence-corrected chi connectivity index (χ0v) is 22.9. The molecule has 2 N–H and O–H groups in total. The molecular weight excluding hydrogens is 498 g/mol. The van der Waals surface area contributed by atoms with Crippen LogP contribution in [-0.2, 0) is 17.9 Å². The number of unbranched alkanes of at least 4 members (excludes halogenated alkanes) is 1. The molecule has 1 amide bonds. The fourth-order valence-corrected chi connectivity index (χ4v) is 6.12. The van der Waals surface area contributed by atoms with E-state index in [9.17, 15) is 9.90 Å². The minimum Gasteiger partial charge on any atom is -0.392 e. The maximum Gasteiger partial charge on any atom is 0.256 e. The molecule has 2 heterocycles. The first-order valence-electron chi connectivity index (χ1n) is 14.3. The summed E-state index contributed by atoms with van der Waals surface area (Å²) in [6.45, 7) is 2.70. The Bertz CT molecular complexity index is 1520. The monoisotopic (exact) mass is 533 g/mol. The van der Waals surface area contributed by atoms with Gasteiger partial charge in [0.1, 0.15) is 17.1 Å². The van der Waals surface area contributed by atoms with Crippen molar-refractivity contribution in [2.45, 2.75) is 70.6 Å². The molecule has 0 unspecified atom stereocenters. The number of amides is 1. The summed E-state index contributed by atoms with van der Waals surface area (Å²) in [5.41, 5.74) is 7.29. The van der Waals surface area contributed by atoms with Crippen molar-refractivity contribution in [2.24, 2.45) is 4.99 Å². The first-order chi connectivity index (χ1) is 19.6. The molecule has 1 aromatic heterocycles. The van der Waals surface area contributed by atoms with E-state index < -0.39 is 5.54 Å². The van der Waals surface area contributed by atoms with E-state index in [4.69, 9.17) is 4.99 Å². The van der Waals surface area contributed by atoms with E-state index >= 15 is 0 Å². The molecule has 1 spiro atoms.